The fraction of sp³-hybridized carbons (Fsp3) is 0.286. The Kier molecular flexibility index (Phi) is 4.80. The molecule has 0 N–H and O–H groups in total. The van der Waals surface area contributed by atoms with Crippen LogP contribution < -0.4 is 4.74 Å². The van der Waals surface area contributed by atoms with E-state index in [0.29, 0.717) is 17.4 Å². The van der Waals surface area contributed by atoms with Gasteiger partial charge in [0.05, 0.1) is 0 Å². The smallest absolute Gasteiger partial charge is 0.252 e. The number of ether oxygens (including phenoxy) is 1. The minimum Gasteiger partial charge on any atom is -0.492 e. The van der Waals surface area contributed by atoms with E-state index in [4.69, 9.17) is 4.74 Å². The van der Waals surface area contributed by atoms with Gasteiger partial charge in [0.1, 0.15) is 16.6 Å². The fourth-order valence-corrected chi connectivity index (χ4v) is 3.97. The molecule has 1 aromatic heterocycles. The lowest BCUT2D eigenvalue weighted by Crippen LogP contribution is -2.30. The molecule has 0 aliphatic rings. The van der Waals surface area contributed by atoms with Gasteiger partial charge in [0, 0.05) is 13.6 Å². The predicted molar refractivity (Wildman–Crippen MR) is 80.8 cm³/mol. The number of hydrogen-bond acceptors (Lipinski definition) is 4. The molecular formula is C14H17NO3S2. The minimum atomic E-state index is -3.38. The lowest BCUT2D eigenvalue weighted by molar-refractivity contribution is 0.287. The molecule has 0 spiro atoms. The van der Waals surface area contributed by atoms with E-state index < -0.39 is 10.0 Å². The van der Waals surface area contributed by atoms with Crippen molar-refractivity contribution in [3.05, 3.63) is 47.3 Å². The van der Waals surface area contributed by atoms with Gasteiger partial charge >= 0.3 is 0 Å². The quantitative estimate of drug-likeness (QED) is 0.824. The van der Waals surface area contributed by atoms with Gasteiger partial charge in [0.25, 0.3) is 10.0 Å². The lowest BCUT2D eigenvalue weighted by atomic mass is 10.2. The van der Waals surface area contributed by atoms with Crippen LogP contribution in [0.4, 0.5) is 0 Å². The van der Waals surface area contributed by atoms with Gasteiger partial charge in [-0.1, -0.05) is 23.8 Å². The Labute approximate surface area is 123 Å². The number of sulfonamides is 1. The molecule has 0 fully saturated rings. The molecule has 108 valence electrons. The molecule has 0 saturated carbocycles. The molecule has 0 atom stereocenters. The number of benzene rings is 1. The second kappa shape index (κ2) is 6.39. The maximum Gasteiger partial charge on any atom is 0.252 e. The van der Waals surface area contributed by atoms with E-state index in [9.17, 15) is 8.42 Å². The van der Waals surface area contributed by atoms with E-state index in [1.165, 1.54) is 15.6 Å². The van der Waals surface area contributed by atoms with E-state index >= 15 is 0 Å². The van der Waals surface area contributed by atoms with Gasteiger partial charge in [-0.25, -0.2) is 8.42 Å². The van der Waals surface area contributed by atoms with Crippen LogP contribution in [-0.4, -0.2) is 32.9 Å². The van der Waals surface area contributed by atoms with Crippen LogP contribution in [-0.2, 0) is 10.0 Å². The molecule has 0 unspecified atom stereocenters. The average molecular weight is 311 g/mol. The summed E-state index contributed by atoms with van der Waals surface area (Å²) in [7, 11) is -1.82. The third-order valence-corrected chi connectivity index (χ3v) is 6.09. The highest BCUT2D eigenvalue weighted by atomic mass is 32.2. The van der Waals surface area contributed by atoms with Crippen LogP contribution in [0.15, 0.2) is 46.0 Å². The third-order valence-electron chi connectivity index (χ3n) is 2.86. The zero-order valence-electron chi connectivity index (χ0n) is 11.4. The number of hydrogen-bond donors (Lipinski definition) is 0. The maximum absolute atomic E-state index is 12.2. The summed E-state index contributed by atoms with van der Waals surface area (Å²) in [6, 6.07) is 11.0. The molecule has 0 amide bonds. The van der Waals surface area contributed by atoms with Crippen LogP contribution in [0.3, 0.4) is 0 Å². The minimum absolute atomic E-state index is 0.314. The second-order valence-electron chi connectivity index (χ2n) is 4.42. The molecule has 4 nitrogen and oxygen atoms in total. The van der Waals surface area contributed by atoms with E-state index in [2.05, 4.69) is 0 Å². The van der Waals surface area contributed by atoms with Gasteiger partial charge in [-0.2, -0.15) is 4.31 Å². The number of aryl methyl sites for hydroxylation is 1. The Morgan fingerprint density at radius 2 is 1.90 bits per heavy atom. The van der Waals surface area contributed by atoms with E-state index in [0.717, 1.165) is 11.3 Å². The molecule has 1 heterocycles. The first-order chi connectivity index (χ1) is 9.50. The van der Waals surface area contributed by atoms with Crippen molar-refractivity contribution in [2.24, 2.45) is 0 Å². The molecule has 0 bridgehead atoms. The highest BCUT2D eigenvalue weighted by Crippen LogP contribution is 2.19. The standard InChI is InChI=1S/C14H17NO3S2/c1-12-5-7-13(8-6-12)18-10-9-15(2)20(16,17)14-4-3-11-19-14/h3-8,11H,9-10H2,1-2H3. The van der Waals surface area contributed by atoms with Crippen LogP contribution in [0.1, 0.15) is 5.56 Å². The third kappa shape index (κ3) is 3.59. The van der Waals surface area contributed by atoms with Crippen molar-refractivity contribution in [2.45, 2.75) is 11.1 Å². The predicted octanol–water partition coefficient (Wildman–Crippen LogP) is 2.76. The van der Waals surface area contributed by atoms with Gasteiger partial charge in [-0.15, -0.1) is 11.3 Å². The topological polar surface area (TPSA) is 46.6 Å². The van der Waals surface area contributed by atoms with Crippen molar-refractivity contribution in [1.29, 1.82) is 0 Å². The largest absolute Gasteiger partial charge is 0.492 e. The summed E-state index contributed by atoms with van der Waals surface area (Å²) in [4.78, 5) is 0. The molecular weight excluding hydrogens is 294 g/mol. The Bertz CT molecular complexity index is 634. The number of nitrogens with zero attached hydrogens (tertiary/aromatic N) is 1. The zero-order valence-corrected chi connectivity index (χ0v) is 13.1. The first kappa shape index (κ1) is 15.0. The monoisotopic (exact) mass is 311 g/mol. The maximum atomic E-state index is 12.2. The van der Waals surface area contributed by atoms with E-state index in [-0.39, 0.29) is 0 Å². The van der Waals surface area contributed by atoms with Crippen molar-refractivity contribution >= 4 is 21.4 Å². The van der Waals surface area contributed by atoms with Crippen molar-refractivity contribution < 1.29 is 13.2 Å². The van der Waals surface area contributed by atoms with Crippen molar-refractivity contribution in [3.63, 3.8) is 0 Å². The summed E-state index contributed by atoms with van der Waals surface area (Å²) in [6.45, 7) is 2.64. The van der Waals surface area contributed by atoms with Crippen LogP contribution in [0, 0.1) is 6.92 Å². The Hall–Kier alpha value is -1.37. The zero-order chi connectivity index (χ0) is 14.6. The highest BCUT2D eigenvalue weighted by Gasteiger charge is 2.21. The normalized spacial score (nSPS) is 11.8. The van der Waals surface area contributed by atoms with Crippen molar-refractivity contribution in [1.82, 2.24) is 4.31 Å². The Morgan fingerprint density at radius 3 is 2.50 bits per heavy atom. The molecule has 1 aromatic carbocycles. The first-order valence-corrected chi connectivity index (χ1v) is 8.51. The number of thiophene rings is 1. The summed E-state index contributed by atoms with van der Waals surface area (Å²) >= 11 is 1.22. The van der Waals surface area contributed by atoms with Gasteiger partial charge < -0.3 is 4.74 Å². The van der Waals surface area contributed by atoms with Gasteiger partial charge in [-0.05, 0) is 30.5 Å². The van der Waals surface area contributed by atoms with Gasteiger partial charge in [0.15, 0.2) is 0 Å². The fourth-order valence-electron chi connectivity index (χ4n) is 1.61. The van der Waals surface area contributed by atoms with Crippen LogP contribution >= 0.6 is 11.3 Å². The summed E-state index contributed by atoms with van der Waals surface area (Å²) in [5.74, 6) is 0.748. The Morgan fingerprint density at radius 1 is 1.20 bits per heavy atom. The summed E-state index contributed by atoms with van der Waals surface area (Å²) in [6.07, 6.45) is 0. The molecule has 2 aromatic rings. The summed E-state index contributed by atoms with van der Waals surface area (Å²) < 4.78 is 31.5. The van der Waals surface area contributed by atoms with Crippen molar-refractivity contribution in [3.8, 4) is 5.75 Å². The number of rotatable bonds is 6. The molecule has 0 aliphatic carbocycles. The molecule has 6 heteroatoms. The molecule has 0 saturated heterocycles. The number of likely N-dealkylation sites (N-methyl/N-ethyl adjacent to an activating group) is 1. The Balaban J connectivity index is 1.89. The SMILES string of the molecule is Cc1ccc(OCCN(C)S(=O)(=O)c2cccs2)cc1. The van der Waals surface area contributed by atoms with Gasteiger partial charge in [0.2, 0.25) is 0 Å². The summed E-state index contributed by atoms with van der Waals surface area (Å²) in [5.41, 5.74) is 1.16. The van der Waals surface area contributed by atoms with E-state index in [1.54, 1.807) is 24.6 Å². The summed E-state index contributed by atoms with van der Waals surface area (Å²) in [5, 5.41) is 1.75. The second-order valence-corrected chi connectivity index (χ2v) is 7.64. The molecule has 20 heavy (non-hydrogen) atoms. The lowest BCUT2D eigenvalue weighted by Gasteiger charge is -2.16. The first-order valence-electron chi connectivity index (χ1n) is 6.19. The van der Waals surface area contributed by atoms with Crippen LogP contribution in [0.5, 0.6) is 5.75 Å². The van der Waals surface area contributed by atoms with Crippen molar-refractivity contribution in [2.75, 3.05) is 20.2 Å². The van der Waals surface area contributed by atoms with Crippen LogP contribution in [0.2, 0.25) is 0 Å². The average Bonchev–Trinajstić information content (AvgIpc) is 2.95. The van der Waals surface area contributed by atoms with E-state index in [1.807, 2.05) is 31.2 Å². The molecule has 0 aliphatic heterocycles. The van der Waals surface area contributed by atoms with Gasteiger partial charge in [-0.3, -0.25) is 0 Å². The van der Waals surface area contributed by atoms with Crippen LogP contribution in [0.25, 0.3) is 0 Å². The molecule has 0 radical (unpaired) electrons. The molecule has 2 rings (SSSR count). The highest BCUT2D eigenvalue weighted by molar-refractivity contribution is 7.91.